The number of hydrogen-bond acceptors (Lipinski definition) is 6. The minimum absolute atomic E-state index is 0.154. The third kappa shape index (κ3) is 5.22. The van der Waals surface area contributed by atoms with Crippen LogP contribution in [0.5, 0.6) is 0 Å². The number of allylic oxidation sites excluding steroid dienone is 1. The van der Waals surface area contributed by atoms with Crippen LogP contribution in [-0.4, -0.2) is 53.4 Å². The normalized spacial score (nSPS) is 18.8. The van der Waals surface area contributed by atoms with Crippen LogP contribution in [0.3, 0.4) is 0 Å². The highest BCUT2D eigenvalue weighted by atomic mass is 32.1. The van der Waals surface area contributed by atoms with Crippen molar-refractivity contribution in [3.8, 4) is 11.4 Å². The molecular weight excluding hydrogens is 483 g/mol. The van der Waals surface area contributed by atoms with Crippen molar-refractivity contribution in [2.75, 3.05) is 19.0 Å². The molecule has 7 nitrogen and oxygen atoms in total. The number of pyridine rings is 1. The highest BCUT2D eigenvalue weighted by Crippen LogP contribution is 2.55. The number of amides is 1. The monoisotopic (exact) mass is 510 g/mol. The lowest BCUT2D eigenvalue weighted by Gasteiger charge is -2.28. The standard InChI is InChI=1S/C25H27BF2N5O2S/c1-26-33-10-9-16(12-33)23(34)30-20(13-35-2)22(15-5-3-6-15)32-24-31-21(14-36-24)19-8-4-7-18(29-19)17-11-25(17,27)28/h4,7-10,12,14,17,20H,3,5-6,11,13H2,1-2H3,(H,30,34)(H,31,32). The number of nitrogens with one attached hydrogen (secondary N) is 2. The van der Waals surface area contributed by atoms with Gasteiger partial charge in [0.2, 0.25) is 7.41 Å². The molecule has 0 aliphatic heterocycles. The van der Waals surface area contributed by atoms with Gasteiger partial charge in [-0.25, -0.2) is 13.8 Å². The number of methoxy groups -OCH3 is 1. The van der Waals surface area contributed by atoms with Crippen LogP contribution >= 0.6 is 11.3 Å². The second-order valence-electron chi connectivity index (χ2n) is 9.09. The molecule has 1 amide bonds. The predicted octanol–water partition coefficient (Wildman–Crippen LogP) is 4.94. The number of alkyl halides is 2. The number of carbonyl (C=O) groups excluding carboxylic acids is 1. The Kier molecular flexibility index (Phi) is 6.94. The summed E-state index contributed by atoms with van der Waals surface area (Å²) in [7, 11) is 3.47. The van der Waals surface area contributed by atoms with Gasteiger partial charge in [-0.05, 0) is 49.2 Å². The Labute approximate surface area is 213 Å². The van der Waals surface area contributed by atoms with E-state index in [1.807, 2.05) is 30.3 Å². The second-order valence-corrected chi connectivity index (χ2v) is 9.94. The van der Waals surface area contributed by atoms with Crippen LogP contribution in [0.25, 0.3) is 11.4 Å². The molecule has 2 aliphatic carbocycles. The summed E-state index contributed by atoms with van der Waals surface area (Å²) in [5, 5.41) is 9.02. The molecule has 2 saturated carbocycles. The third-order valence-electron chi connectivity index (χ3n) is 6.56. The number of rotatable bonds is 10. The quantitative estimate of drug-likeness (QED) is 0.378. The number of nitrogens with zero attached hydrogens (tertiary/aromatic N) is 3. The van der Waals surface area contributed by atoms with E-state index in [1.54, 1.807) is 37.6 Å². The van der Waals surface area contributed by atoms with Gasteiger partial charge in [0.05, 0.1) is 35.5 Å². The molecule has 2 N–H and O–H groups in total. The molecule has 2 atom stereocenters. The molecule has 0 saturated heterocycles. The fraction of sp³-hybridized carbons (Fsp3) is 0.400. The summed E-state index contributed by atoms with van der Waals surface area (Å²) < 4.78 is 34.3. The molecule has 36 heavy (non-hydrogen) atoms. The van der Waals surface area contributed by atoms with E-state index in [0.29, 0.717) is 34.4 Å². The summed E-state index contributed by atoms with van der Waals surface area (Å²) in [6, 6.07) is 6.56. The topological polar surface area (TPSA) is 81.1 Å². The Bertz CT molecular complexity index is 1280. The molecular formula is C25H27BF2N5O2S. The largest absolute Gasteiger partial charge is 0.402 e. The van der Waals surface area contributed by atoms with Gasteiger partial charge in [0, 0.05) is 30.8 Å². The Balaban J connectivity index is 1.34. The highest BCUT2D eigenvalue weighted by Gasteiger charge is 2.58. The lowest BCUT2D eigenvalue weighted by Crippen LogP contribution is -2.42. The second kappa shape index (κ2) is 10.1. The van der Waals surface area contributed by atoms with Crippen molar-refractivity contribution in [3.05, 3.63) is 64.6 Å². The predicted molar refractivity (Wildman–Crippen MR) is 137 cm³/mol. The van der Waals surface area contributed by atoms with Gasteiger partial charge in [-0.2, -0.15) is 0 Å². The molecule has 1 radical (unpaired) electrons. The molecule has 11 heteroatoms. The van der Waals surface area contributed by atoms with E-state index >= 15 is 0 Å². The fourth-order valence-corrected chi connectivity index (χ4v) is 4.96. The number of anilines is 1. The maximum absolute atomic E-state index is 13.5. The van der Waals surface area contributed by atoms with Gasteiger partial charge in [0.1, 0.15) is 5.69 Å². The molecule has 2 aliphatic rings. The number of ether oxygens (including phenoxy) is 1. The van der Waals surface area contributed by atoms with Crippen LogP contribution in [-0.2, 0) is 4.74 Å². The van der Waals surface area contributed by atoms with Crippen molar-refractivity contribution in [3.63, 3.8) is 0 Å². The van der Waals surface area contributed by atoms with E-state index in [4.69, 9.17) is 4.74 Å². The molecule has 5 rings (SSSR count). The van der Waals surface area contributed by atoms with E-state index in [0.717, 1.165) is 25.0 Å². The summed E-state index contributed by atoms with van der Waals surface area (Å²) in [6.45, 7) is 2.20. The number of aromatic nitrogens is 3. The zero-order valence-corrected chi connectivity index (χ0v) is 20.9. The molecule has 0 spiro atoms. The average Bonchev–Trinajstić information content (AvgIpc) is 3.21. The number of halogens is 2. The van der Waals surface area contributed by atoms with Gasteiger partial charge in [-0.3, -0.25) is 9.78 Å². The molecule has 3 aromatic rings. The maximum Gasteiger partial charge on any atom is 0.257 e. The summed E-state index contributed by atoms with van der Waals surface area (Å²) in [4.78, 5) is 22.1. The molecule has 2 unspecified atom stereocenters. The lowest BCUT2D eigenvalue weighted by molar-refractivity contribution is 0.0911. The van der Waals surface area contributed by atoms with Crippen LogP contribution in [0.2, 0.25) is 6.82 Å². The zero-order valence-electron chi connectivity index (χ0n) is 20.1. The fourth-order valence-electron chi connectivity index (χ4n) is 4.24. The van der Waals surface area contributed by atoms with E-state index < -0.39 is 11.8 Å². The van der Waals surface area contributed by atoms with Crippen LogP contribution in [0.1, 0.15) is 47.7 Å². The summed E-state index contributed by atoms with van der Waals surface area (Å²) in [5.74, 6) is -3.66. The summed E-state index contributed by atoms with van der Waals surface area (Å²) in [5.41, 5.74) is 4.26. The maximum atomic E-state index is 13.5. The average molecular weight is 510 g/mol. The van der Waals surface area contributed by atoms with Gasteiger partial charge in [-0.15, -0.1) is 11.3 Å². The molecule has 3 aromatic heterocycles. The lowest BCUT2D eigenvalue weighted by atomic mass is 9.88. The molecule has 0 bridgehead atoms. The highest BCUT2D eigenvalue weighted by molar-refractivity contribution is 7.14. The van der Waals surface area contributed by atoms with Crippen molar-refractivity contribution in [2.45, 2.75) is 50.4 Å². The van der Waals surface area contributed by atoms with Crippen molar-refractivity contribution in [1.29, 1.82) is 0 Å². The Hall–Kier alpha value is -3.05. The van der Waals surface area contributed by atoms with Gasteiger partial charge in [0.15, 0.2) is 5.13 Å². The Morgan fingerprint density at radius 2 is 2.11 bits per heavy atom. The van der Waals surface area contributed by atoms with Crippen LogP contribution in [0.15, 0.2) is 53.3 Å². The van der Waals surface area contributed by atoms with Crippen molar-refractivity contribution < 1.29 is 18.3 Å². The molecule has 2 fully saturated rings. The molecule has 187 valence electrons. The van der Waals surface area contributed by atoms with Crippen molar-refractivity contribution in [2.24, 2.45) is 0 Å². The minimum Gasteiger partial charge on any atom is -0.402 e. The first-order valence-electron chi connectivity index (χ1n) is 11.9. The van der Waals surface area contributed by atoms with E-state index in [-0.39, 0.29) is 18.4 Å². The third-order valence-corrected chi connectivity index (χ3v) is 7.32. The minimum atomic E-state index is -2.66. The summed E-state index contributed by atoms with van der Waals surface area (Å²) >= 11 is 1.41. The Morgan fingerprint density at radius 3 is 2.75 bits per heavy atom. The number of carbonyl (C=O) groups is 1. The first kappa shape index (κ1) is 24.6. The molecule has 0 aromatic carbocycles. The van der Waals surface area contributed by atoms with Crippen molar-refractivity contribution >= 4 is 29.8 Å². The van der Waals surface area contributed by atoms with Gasteiger partial charge < -0.3 is 19.8 Å². The van der Waals surface area contributed by atoms with Crippen LogP contribution < -0.4 is 10.6 Å². The van der Waals surface area contributed by atoms with E-state index in [2.05, 4.69) is 20.6 Å². The van der Waals surface area contributed by atoms with E-state index in [9.17, 15) is 13.6 Å². The Morgan fingerprint density at radius 1 is 1.31 bits per heavy atom. The summed E-state index contributed by atoms with van der Waals surface area (Å²) in [6.07, 6.45) is 6.42. The van der Waals surface area contributed by atoms with E-state index in [1.165, 1.54) is 16.9 Å². The number of hydrogen-bond donors (Lipinski definition) is 2. The SMILES string of the molecule is C[B]n1ccc(C(=O)NC(COC)C(Nc2nc(-c3cccc(C4CC4(F)F)n3)cs2)=C2CCC2)c1. The van der Waals surface area contributed by atoms with Crippen LogP contribution in [0, 0.1) is 0 Å². The van der Waals surface area contributed by atoms with Gasteiger partial charge in [0.25, 0.3) is 11.8 Å². The van der Waals surface area contributed by atoms with Gasteiger partial charge in [-0.1, -0.05) is 12.9 Å². The number of thiazole rings is 1. The molecule has 3 heterocycles. The van der Waals surface area contributed by atoms with Crippen LogP contribution in [0.4, 0.5) is 13.9 Å². The zero-order chi connectivity index (χ0) is 25.3. The first-order valence-corrected chi connectivity index (χ1v) is 12.8. The van der Waals surface area contributed by atoms with Gasteiger partial charge >= 0.3 is 0 Å². The first-order chi connectivity index (χ1) is 17.4. The smallest absolute Gasteiger partial charge is 0.257 e. The van der Waals surface area contributed by atoms with Crippen molar-refractivity contribution in [1.82, 2.24) is 19.8 Å².